The summed E-state index contributed by atoms with van der Waals surface area (Å²) in [5.74, 6) is -4.29. The van der Waals surface area contributed by atoms with Crippen molar-refractivity contribution in [2.24, 2.45) is 0 Å². The van der Waals surface area contributed by atoms with Crippen LogP contribution in [0.5, 0.6) is 11.5 Å². The maximum Gasteiger partial charge on any atom is 0.387 e. The average Bonchev–Trinajstić information content (AvgIpc) is 2.76. The Morgan fingerprint density at radius 2 is 1.52 bits per heavy atom. The van der Waals surface area contributed by atoms with Gasteiger partial charge in [-0.1, -0.05) is 50.1 Å². The molecule has 0 aliphatic carbocycles. The maximum absolute atomic E-state index is 15.2. The molecule has 0 spiro atoms. The van der Waals surface area contributed by atoms with Crippen LogP contribution in [0.3, 0.4) is 0 Å². The first-order valence-electron chi connectivity index (χ1n) is 10.8. The minimum atomic E-state index is -3.16. The Balaban J connectivity index is 1.80. The maximum atomic E-state index is 15.2. The zero-order valence-corrected chi connectivity index (χ0v) is 18.1. The summed E-state index contributed by atoms with van der Waals surface area (Å²) < 4.78 is 72.1. The van der Waals surface area contributed by atoms with Crippen molar-refractivity contribution in [1.29, 1.82) is 0 Å². The molecule has 175 valence electrons. The van der Waals surface area contributed by atoms with Crippen molar-refractivity contribution in [3.05, 3.63) is 82.7 Å². The Kier molecular flexibility index (Phi) is 8.31. The average molecular weight is 463 g/mol. The first-order valence-corrected chi connectivity index (χ1v) is 10.8. The highest BCUT2D eigenvalue weighted by atomic mass is 19.3. The lowest BCUT2D eigenvalue weighted by Crippen LogP contribution is -2.05. The molecule has 0 atom stereocenters. The van der Waals surface area contributed by atoms with Crippen LogP contribution in [0.1, 0.15) is 42.9 Å². The minimum Gasteiger partial charge on any atom is -0.432 e. The lowest BCUT2D eigenvalue weighted by Gasteiger charge is -2.12. The Hall–Kier alpha value is -3.09. The van der Waals surface area contributed by atoms with E-state index < -0.39 is 35.6 Å². The number of rotatable bonds is 10. The normalized spacial score (nSPS) is 11.2. The zero-order valence-electron chi connectivity index (χ0n) is 18.1. The molecule has 0 saturated heterocycles. The molecule has 3 aromatic carbocycles. The van der Waals surface area contributed by atoms with Crippen LogP contribution < -0.4 is 4.74 Å². The molecular formula is C26H24F5O2. The monoisotopic (exact) mass is 463 g/mol. The van der Waals surface area contributed by atoms with Gasteiger partial charge in [0.05, 0.1) is 5.56 Å². The van der Waals surface area contributed by atoms with Gasteiger partial charge in [0.1, 0.15) is 11.6 Å². The van der Waals surface area contributed by atoms with Gasteiger partial charge >= 0.3 is 6.61 Å². The second-order valence-electron chi connectivity index (χ2n) is 7.82. The molecular weight excluding hydrogens is 439 g/mol. The van der Waals surface area contributed by atoms with Crippen molar-refractivity contribution in [1.82, 2.24) is 0 Å². The third-order valence-corrected chi connectivity index (χ3v) is 5.46. The SMILES string of the molecule is CCCCCc1ccc(-c2c([O])cc(F)c(CCc3ccc(OC(F)F)c(F)c3)c2F)cc1. The second-order valence-corrected chi connectivity index (χ2v) is 7.82. The molecule has 33 heavy (non-hydrogen) atoms. The Labute approximate surface area is 189 Å². The van der Waals surface area contributed by atoms with Gasteiger partial charge < -0.3 is 4.74 Å². The molecule has 7 heteroatoms. The van der Waals surface area contributed by atoms with Crippen LogP contribution in [-0.2, 0) is 24.4 Å². The third kappa shape index (κ3) is 6.24. The van der Waals surface area contributed by atoms with Crippen LogP contribution in [0.2, 0.25) is 0 Å². The van der Waals surface area contributed by atoms with E-state index in [9.17, 15) is 22.7 Å². The number of hydrogen-bond acceptors (Lipinski definition) is 1. The number of ether oxygens (including phenoxy) is 1. The van der Waals surface area contributed by atoms with Gasteiger partial charge in [0.25, 0.3) is 0 Å². The molecule has 0 aliphatic heterocycles. The number of benzene rings is 3. The third-order valence-electron chi connectivity index (χ3n) is 5.46. The predicted molar refractivity (Wildman–Crippen MR) is 116 cm³/mol. The molecule has 0 unspecified atom stereocenters. The Morgan fingerprint density at radius 3 is 2.15 bits per heavy atom. The molecule has 0 amide bonds. The number of unbranched alkanes of at least 4 members (excludes halogenated alkanes) is 2. The summed E-state index contributed by atoms with van der Waals surface area (Å²) >= 11 is 0. The van der Waals surface area contributed by atoms with Crippen molar-refractivity contribution >= 4 is 0 Å². The fourth-order valence-electron chi connectivity index (χ4n) is 3.71. The summed E-state index contributed by atoms with van der Waals surface area (Å²) in [7, 11) is 0. The van der Waals surface area contributed by atoms with E-state index in [2.05, 4.69) is 11.7 Å². The quantitative estimate of drug-likeness (QED) is 0.221. The standard InChI is InChI=1S/C26H24F5O2/c1-2-3-4-5-16-6-10-18(11-7-16)24-22(32)15-20(27)19(25(24)29)12-8-17-9-13-23(21(28)14-17)33-26(30)31/h6-7,9-11,13-15,26H,2-5,8,12H2,1H3. The highest BCUT2D eigenvalue weighted by Gasteiger charge is 2.21. The van der Waals surface area contributed by atoms with Gasteiger partial charge in [-0.25, -0.2) is 13.2 Å². The van der Waals surface area contributed by atoms with Crippen molar-refractivity contribution in [3.8, 4) is 22.6 Å². The summed E-state index contributed by atoms with van der Waals surface area (Å²) in [5.41, 5.74) is 1.28. The van der Waals surface area contributed by atoms with Crippen molar-refractivity contribution < 1.29 is 31.8 Å². The smallest absolute Gasteiger partial charge is 0.387 e. The lowest BCUT2D eigenvalue weighted by molar-refractivity contribution is -0.0522. The van der Waals surface area contributed by atoms with Crippen LogP contribution >= 0.6 is 0 Å². The first-order chi connectivity index (χ1) is 15.8. The molecule has 0 heterocycles. The molecule has 0 fully saturated rings. The lowest BCUT2D eigenvalue weighted by atomic mass is 9.95. The van der Waals surface area contributed by atoms with Gasteiger partial charge in [0.15, 0.2) is 17.3 Å². The molecule has 2 nitrogen and oxygen atoms in total. The molecule has 1 radical (unpaired) electrons. The fourth-order valence-corrected chi connectivity index (χ4v) is 3.71. The summed E-state index contributed by atoms with van der Waals surface area (Å²) in [4.78, 5) is 0. The highest BCUT2D eigenvalue weighted by molar-refractivity contribution is 5.72. The van der Waals surface area contributed by atoms with E-state index in [-0.39, 0.29) is 24.0 Å². The molecule has 0 aliphatic rings. The summed E-state index contributed by atoms with van der Waals surface area (Å²) in [6, 6.07) is 11.1. The van der Waals surface area contributed by atoms with Crippen molar-refractivity contribution in [2.75, 3.05) is 0 Å². The highest BCUT2D eigenvalue weighted by Crippen LogP contribution is 2.36. The van der Waals surface area contributed by atoms with Crippen LogP contribution in [0.15, 0.2) is 48.5 Å². The van der Waals surface area contributed by atoms with E-state index in [0.717, 1.165) is 49.4 Å². The topological polar surface area (TPSA) is 29.1 Å². The van der Waals surface area contributed by atoms with Crippen molar-refractivity contribution in [2.45, 2.75) is 52.1 Å². The number of aryl methyl sites for hydroxylation is 2. The van der Waals surface area contributed by atoms with Gasteiger partial charge in [0.2, 0.25) is 0 Å². The number of halogens is 5. The second kappa shape index (κ2) is 11.2. The molecule has 0 N–H and O–H groups in total. The van der Waals surface area contributed by atoms with E-state index in [0.29, 0.717) is 11.1 Å². The van der Waals surface area contributed by atoms with E-state index >= 15 is 4.39 Å². The summed E-state index contributed by atoms with van der Waals surface area (Å²) in [6.07, 6.45) is 4.01. The Morgan fingerprint density at radius 1 is 0.818 bits per heavy atom. The first kappa shape index (κ1) is 24.6. The van der Waals surface area contributed by atoms with Gasteiger partial charge in [-0.05, 0) is 54.5 Å². The van der Waals surface area contributed by atoms with E-state index in [1.54, 1.807) is 12.1 Å². The molecule has 3 rings (SSSR count). The largest absolute Gasteiger partial charge is 0.432 e. The number of hydrogen-bond donors (Lipinski definition) is 0. The Bertz CT molecular complexity index is 1080. The van der Waals surface area contributed by atoms with Gasteiger partial charge in [-0.3, -0.25) is 5.11 Å². The number of alkyl halides is 2. The van der Waals surface area contributed by atoms with Gasteiger partial charge in [-0.2, -0.15) is 8.78 Å². The van der Waals surface area contributed by atoms with Crippen molar-refractivity contribution in [3.63, 3.8) is 0 Å². The van der Waals surface area contributed by atoms with E-state index in [1.807, 2.05) is 12.1 Å². The van der Waals surface area contributed by atoms with Crippen LogP contribution in [-0.4, -0.2) is 6.61 Å². The van der Waals surface area contributed by atoms with E-state index in [1.165, 1.54) is 6.07 Å². The molecule has 0 aromatic heterocycles. The van der Waals surface area contributed by atoms with Crippen LogP contribution in [0.4, 0.5) is 22.0 Å². The van der Waals surface area contributed by atoms with Gasteiger partial charge in [-0.15, -0.1) is 0 Å². The molecule has 3 aromatic rings. The van der Waals surface area contributed by atoms with E-state index in [4.69, 9.17) is 0 Å². The van der Waals surface area contributed by atoms with Crippen LogP contribution in [0, 0.1) is 17.5 Å². The summed E-state index contributed by atoms with van der Waals surface area (Å²) in [5, 5.41) is 12.3. The van der Waals surface area contributed by atoms with Crippen LogP contribution in [0.25, 0.3) is 11.1 Å². The molecule has 0 bridgehead atoms. The zero-order chi connectivity index (χ0) is 24.0. The minimum absolute atomic E-state index is 0.0354. The molecule has 0 saturated carbocycles. The fraction of sp³-hybridized carbons (Fsp3) is 0.308. The predicted octanol–water partition coefficient (Wildman–Crippen LogP) is 8.03. The van der Waals surface area contributed by atoms with Gasteiger partial charge in [0, 0.05) is 11.6 Å². The summed E-state index contributed by atoms with van der Waals surface area (Å²) in [6.45, 7) is -1.05.